The number of carboxylic acids is 1. The highest BCUT2D eigenvalue weighted by Gasteiger charge is 2.40. The van der Waals surface area contributed by atoms with Crippen molar-refractivity contribution in [2.75, 3.05) is 0 Å². The predicted molar refractivity (Wildman–Crippen MR) is 69.5 cm³/mol. The molecular weight excluding hydrogens is 234 g/mol. The summed E-state index contributed by atoms with van der Waals surface area (Å²) in [5.74, 6) is -0.0332. The van der Waals surface area contributed by atoms with Crippen LogP contribution in [0.4, 0.5) is 0 Å². The monoisotopic (exact) mass is 253 g/mol. The number of aliphatic carboxylic acids is 1. The van der Waals surface area contributed by atoms with Gasteiger partial charge in [-0.15, -0.1) is 11.8 Å². The third-order valence-electron chi connectivity index (χ3n) is 4.38. The second-order valence-electron chi connectivity index (χ2n) is 5.52. The summed E-state index contributed by atoms with van der Waals surface area (Å²) >= 11 is 1.90. The van der Waals surface area contributed by atoms with Crippen LogP contribution in [0.2, 0.25) is 0 Å². The number of thioether (sulfide) groups is 1. The molecule has 0 amide bonds. The highest BCUT2D eigenvalue weighted by Crippen LogP contribution is 2.44. The lowest BCUT2D eigenvalue weighted by Gasteiger charge is -2.27. The van der Waals surface area contributed by atoms with Gasteiger partial charge in [0.2, 0.25) is 0 Å². The molecule has 0 radical (unpaired) electrons. The van der Waals surface area contributed by atoms with Crippen LogP contribution < -0.4 is 0 Å². The Morgan fingerprint density at radius 1 is 1.24 bits per heavy atom. The second-order valence-corrected chi connectivity index (χ2v) is 6.78. The van der Waals surface area contributed by atoms with Crippen LogP contribution >= 0.6 is 11.8 Å². The quantitative estimate of drug-likeness (QED) is 0.823. The van der Waals surface area contributed by atoms with Crippen molar-refractivity contribution in [1.29, 1.82) is 0 Å². The number of rotatable bonds is 2. The number of carboxylic acid groups (broad SMARTS) is 1. The molecule has 4 heteroatoms. The molecule has 0 spiro atoms. The molecule has 1 N–H and O–H groups in total. The number of carbonyl (C=O) groups is 1. The lowest BCUT2D eigenvalue weighted by atomic mass is 9.86. The number of aliphatic imine (C=N–C) groups is 1. The van der Waals surface area contributed by atoms with Crippen LogP contribution in [0.3, 0.4) is 0 Å². The molecule has 2 aliphatic carbocycles. The molecule has 3 nitrogen and oxygen atoms in total. The van der Waals surface area contributed by atoms with E-state index >= 15 is 0 Å². The van der Waals surface area contributed by atoms with E-state index in [1.807, 2.05) is 11.8 Å². The Balaban J connectivity index is 1.65. The summed E-state index contributed by atoms with van der Waals surface area (Å²) in [5, 5.41) is 10.9. The minimum absolute atomic E-state index is 0.123. The van der Waals surface area contributed by atoms with E-state index in [0.717, 1.165) is 19.3 Å². The van der Waals surface area contributed by atoms with E-state index in [9.17, 15) is 4.79 Å². The summed E-state index contributed by atoms with van der Waals surface area (Å²) < 4.78 is 0. The van der Waals surface area contributed by atoms with Gasteiger partial charge in [0, 0.05) is 11.2 Å². The number of fused-ring (bicyclic) bond motifs is 1. The Labute approximate surface area is 106 Å². The van der Waals surface area contributed by atoms with Crippen molar-refractivity contribution >= 4 is 22.8 Å². The topological polar surface area (TPSA) is 49.7 Å². The van der Waals surface area contributed by atoms with Gasteiger partial charge < -0.3 is 5.11 Å². The molecule has 0 aromatic rings. The molecule has 1 heterocycles. The number of nitrogens with zero attached hydrogens (tertiary/aromatic N) is 1. The van der Waals surface area contributed by atoms with Gasteiger partial charge in [0.25, 0.3) is 0 Å². The van der Waals surface area contributed by atoms with Gasteiger partial charge >= 0.3 is 5.97 Å². The van der Waals surface area contributed by atoms with Crippen LogP contribution in [-0.4, -0.2) is 27.4 Å². The summed E-state index contributed by atoms with van der Waals surface area (Å²) in [7, 11) is 0. The lowest BCUT2D eigenvalue weighted by Crippen LogP contribution is -2.31. The summed E-state index contributed by atoms with van der Waals surface area (Å²) in [6.07, 6.45) is 7.91. The van der Waals surface area contributed by atoms with Gasteiger partial charge in [0.1, 0.15) is 0 Å². The normalized spacial score (nSPS) is 37.9. The van der Waals surface area contributed by atoms with Crippen molar-refractivity contribution in [2.24, 2.45) is 16.8 Å². The molecule has 0 aromatic heterocycles. The Morgan fingerprint density at radius 3 is 2.71 bits per heavy atom. The first kappa shape index (κ1) is 11.6. The fourth-order valence-electron chi connectivity index (χ4n) is 3.34. The Kier molecular flexibility index (Phi) is 3.16. The van der Waals surface area contributed by atoms with E-state index in [1.54, 1.807) is 0 Å². The van der Waals surface area contributed by atoms with Gasteiger partial charge in [-0.05, 0) is 32.1 Å². The number of hydrogen-bond acceptors (Lipinski definition) is 3. The first-order chi connectivity index (χ1) is 8.24. The van der Waals surface area contributed by atoms with Gasteiger partial charge in [-0.3, -0.25) is 9.79 Å². The average Bonchev–Trinajstić information content (AvgIpc) is 2.96. The zero-order chi connectivity index (χ0) is 11.8. The van der Waals surface area contributed by atoms with Gasteiger partial charge in [0.05, 0.1) is 17.0 Å². The van der Waals surface area contributed by atoms with Crippen LogP contribution in [-0.2, 0) is 4.79 Å². The second kappa shape index (κ2) is 4.63. The van der Waals surface area contributed by atoms with Crippen LogP contribution in [0.1, 0.15) is 44.9 Å². The molecule has 3 rings (SSSR count). The first-order valence-electron chi connectivity index (χ1n) is 6.71. The summed E-state index contributed by atoms with van der Waals surface area (Å²) in [4.78, 5) is 15.9. The third-order valence-corrected chi connectivity index (χ3v) is 5.87. The van der Waals surface area contributed by atoms with Crippen molar-refractivity contribution in [3.63, 3.8) is 0 Å². The third kappa shape index (κ3) is 2.24. The van der Waals surface area contributed by atoms with E-state index in [0.29, 0.717) is 17.2 Å². The first-order valence-corrected chi connectivity index (χ1v) is 7.59. The predicted octanol–water partition coefficient (Wildman–Crippen LogP) is 2.94. The van der Waals surface area contributed by atoms with Crippen LogP contribution in [0, 0.1) is 11.8 Å². The minimum Gasteiger partial charge on any atom is -0.481 e. The molecule has 3 unspecified atom stereocenters. The maximum absolute atomic E-state index is 11.0. The molecule has 17 heavy (non-hydrogen) atoms. The Hall–Kier alpha value is -0.510. The van der Waals surface area contributed by atoms with Gasteiger partial charge in [-0.1, -0.05) is 12.8 Å². The lowest BCUT2D eigenvalue weighted by molar-refractivity contribution is -0.142. The molecule has 0 saturated heterocycles. The zero-order valence-electron chi connectivity index (χ0n) is 9.97. The molecule has 94 valence electrons. The fraction of sp³-hybridized carbons (Fsp3) is 0.846. The Bertz CT molecular complexity index is 349. The van der Waals surface area contributed by atoms with E-state index in [4.69, 9.17) is 10.1 Å². The fourth-order valence-corrected chi connectivity index (χ4v) is 4.95. The molecule has 2 saturated carbocycles. The minimum atomic E-state index is -0.613. The molecule has 0 aromatic carbocycles. The van der Waals surface area contributed by atoms with Gasteiger partial charge in [-0.2, -0.15) is 0 Å². The van der Waals surface area contributed by atoms with Crippen molar-refractivity contribution in [3.05, 3.63) is 0 Å². The highest BCUT2D eigenvalue weighted by molar-refractivity contribution is 8.14. The van der Waals surface area contributed by atoms with E-state index in [-0.39, 0.29) is 5.92 Å². The summed E-state index contributed by atoms with van der Waals surface area (Å²) in [6.45, 7) is 0. The largest absolute Gasteiger partial charge is 0.481 e. The molecule has 0 bridgehead atoms. The van der Waals surface area contributed by atoms with Crippen LogP contribution in [0.15, 0.2) is 4.99 Å². The zero-order valence-corrected chi connectivity index (χ0v) is 10.8. The number of hydrogen-bond donors (Lipinski definition) is 1. The van der Waals surface area contributed by atoms with Crippen molar-refractivity contribution in [2.45, 2.75) is 56.2 Å². The van der Waals surface area contributed by atoms with Crippen molar-refractivity contribution in [1.82, 2.24) is 0 Å². The molecule has 1 aliphatic heterocycles. The maximum atomic E-state index is 11.0. The summed E-state index contributed by atoms with van der Waals surface area (Å²) in [6, 6.07) is 0.422. The average molecular weight is 253 g/mol. The molecule has 2 fully saturated rings. The molecule has 3 atom stereocenters. The summed E-state index contributed by atoms with van der Waals surface area (Å²) in [5.41, 5.74) is 0. The van der Waals surface area contributed by atoms with Crippen molar-refractivity contribution < 1.29 is 9.90 Å². The highest BCUT2D eigenvalue weighted by atomic mass is 32.2. The SMILES string of the molecule is O=C(O)C1CCC2N=C(C3CCCC3)SC2C1. The van der Waals surface area contributed by atoms with Crippen LogP contribution in [0.25, 0.3) is 0 Å². The van der Waals surface area contributed by atoms with Crippen LogP contribution in [0.5, 0.6) is 0 Å². The van der Waals surface area contributed by atoms with Gasteiger partial charge in [0.15, 0.2) is 0 Å². The van der Waals surface area contributed by atoms with E-state index in [1.165, 1.54) is 30.7 Å². The van der Waals surface area contributed by atoms with E-state index in [2.05, 4.69) is 0 Å². The van der Waals surface area contributed by atoms with Crippen molar-refractivity contribution in [3.8, 4) is 0 Å². The molecular formula is C13H19NO2S. The smallest absolute Gasteiger partial charge is 0.306 e. The van der Waals surface area contributed by atoms with Gasteiger partial charge in [-0.25, -0.2) is 0 Å². The Morgan fingerprint density at radius 2 is 2.00 bits per heavy atom. The van der Waals surface area contributed by atoms with E-state index < -0.39 is 5.97 Å². The maximum Gasteiger partial charge on any atom is 0.306 e. The molecule has 3 aliphatic rings. The standard InChI is InChI=1S/C13H19NO2S/c15-13(16)9-5-6-10-11(7-9)17-12(14-10)8-3-1-2-4-8/h8-11H,1-7H2,(H,15,16).